The van der Waals surface area contributed by atoms with Gasteiger partial charge in [0.05, 0.1) is 11.5 Å². The Labute approximate surface area is 113 Å². The smallest absolute Gasteiger partial charge is 0.410 e. The predicted molar refractivity (Wildman–Crippen MR) is 68.5 cm³/mol. The van der Waals surface area contributed by atoms with E-state index < -0.39 is 17.1 Å². The van der Waals surface area contributed by atoms with E-state index in [9.17, 15) is 14.7 Å². The van der Waals surface area contributed by atoms with Gasteiger partial charge in [0.2, 0.25) is 5.91 Å². The van der Waals surface area contributed by atoms with Crippen molar-refractivity contribution in [2.24, 2.45) is 5.41 Å². The molecular formula is C13H22N2O4. The lowest BCUT2D eigenvalue weighted by atomic mass is 9.75. The lowest BCUT2D eigenvalue weighted by molar-refractivity contribution is -0.134. The van der Waals surface area contributed by atoms with E-state index in [0.29, 0.717) is 32.5 Å². The Kier molecular flexibility index (Phi) is 3.47. The topological polar surface area (TPSA) is 78.9 Å². The minimum atomic E-state index is -0.710. The lowest BCUT2D eigenvalue weighted by Crippen LogP contribution is -2.50. The van der Waals surface area contributed by atoms with E-state index in [2.05, 4.69) is 5.32 Å². The van der Waals surface area contributed by atoms with E-state index in [-0.39, 0.29) is 12.0 Å². The van der Waals surface area contributed by atoms with E-state index in [0.717, 1.165) is 0 Å². The molecule has 0 aromatic carbocycles. The fourth-order valence-electron chi connectivity index (χ4n) is 2.69. The van der Waals surface area contributed by atoms with Crippen LogP contribution in [0.2, 0.25) is 0 Å². The van der Waals surface area contributed by atoms with E-state index in [1.54, 1.807) is 4.90 Å². The molecule has 108 valence electrons. The number of hydrogen-bond donors (Lipinski definition) is 2. The Hall–Kier alpha value is -1.30. The molecule has 0 aliphatic carbocycles. The first-order chi connectivity index (χ1) is 8.74. The van der Waals surface area contributed by atoms with Crippen LogP contribution in [-0.2, 0) is 9.53 Å². The number of carbonyl (C=O) groups excluding carboxylic acids is 2. The van der Waals surface area contributed by atoms with E-state index in [1.807, 2.05) is 20.8 Å². The van der Waals surface area contributed by atoms with Gasteiger partial charge < -0.3 is 20.1 Å². The summed E-state index contributed by atoms with van der Waals surface area (Å²) in [5, 5.41) is 12.7. The van der Waals surface area contributed by atoms with Crippen LogP contribution < -0.4 is 5.32 Å². The van der Waals surface area contributed by atoms with Gasteiger partial charge in [0.15, 0.2) is 0 Å². The van der Waals surface area contributed by atoms with Crippen LogP contribution in [0.1, 0.15) is 33.6 Å². The number of nitrogens with zero attached hydrogens (tertiary/aromatic N) is 1. The second-order valence-electron chi connectivity index (χ2n) is 6.35. The van der Waals surface area contributed by atoms with Crippen molar-refractivity contribution in [3.63, 3.8) is 0 Å². The summed E-state index contributed by atoms with van der Waals surface area (Å²) >= 11 is 0. The molecular weight excluding hydrogens is 248 g/mol. The summed E-state index contributed by atoms with van der Waals surface area (Å²) < 4.78 is 5.31. The van der Waals surface area contributed by atoms with Crippen molar-refractivity contribution in [3.8, 4) is 0 Å². The molecule has 0 aromatic rings. The molecule has 19 heavy (non-hydrogen) atoms. The summed E-state index contributed by atoms with van der Waals surface area (Å²) in [7, 11) is 0. The van der Waals surface area contributed by atoms with Crippen molar-refractivity contribution in [2.45, 2.75) is 45.3 Å². The Morgan fingerprint density at radius 1 is 1.42 bits per heavy atom. The minimum Gasteiger partial charge on any atom is -0.444 e. The Balaban J connectivity index is 1.96. The minimum absolute atomic E-state index is 0.0937. The van der Waals surface area contributed by atoms with Crippen molar-refractivity contribution >= 4 is 12.0 Å². The largest absolute Gasteiger partial charge is 0.444 e. The number of rotatable bonds is 0. The summed E-state index contributed by atoms with van der Waals surface area (Å²) in [6.45, 7) is 6.67. The quantitative estimate of drug-likeness (QED) is 0.671. The van der Waals surface area contributed by atoms with Crippen LogP contribution in [-0.4, -0.2) is 53.3 Å². The summed E-state index contributed by atoms with van der Waals surface area (Å²) in [4.78, 5) is 25.4. The highest BCUT2D eigenvalue weighted by Crippen LogP contribution is 2.38. The summed E-state index contributed by atoms with van der Waals surface area (Å²) in [6.07, 6.45) is -0.0330. The molecule has 2 saturated heterocycles. The monoisotopic (exact) mass is 270 g/mol. The Morgan fingerprint density at radius 2 is 2.00 bits per heavy atom. The van der Waals surface area contributed by atoms with Gasteiger partial charge in [-0.1, -0.05) is 0 Å². The first-order valence-corrected chi connectivity index (χ1v) is 6.69. The van der Waals surface area contributed by atoms with Crippen molar-refractivity contribution in [2.75, 3.05) is 19.6 Å². The number of piperidine rings is 1. The lowest BCUT2D eigenvalue weighted by Gasteiger charge is -2.39. The van der Waals surface area contributed by atoms with Crippen molar-refractivity contribution < 1.29 is 19.4 Å². The maximum absolute atomic E-state index is 11.9. The SMILES string of the molecule is CC(C)(C)OC(=O)N1CCC2(CC1)C(=O)NC[C@@H]2O. The maximum atomic E-state index is 11.9. The molecule has 6 heteroatoms. The molecule has 2 fully saturated rings. The average molecular weight is 270 g/mol. The van der Waals surface area contributed by atoms with Gasteiger partial charge >= 0.3 is 6.09 Å². The predicted octanol–water partition coefficient (Wildman–Crippen LogP) is 0.494. The molecule has 1 atom stereocenters. The molecule has 2 aliphatic heterocycles. The molecule has 0 aromatic heterocycles. The highest BCUT2D eigenvalue weighted by molar-refractivity contribution is 5.86. The third kappa shape index (κ3) is 2.68. The van der Waals surface area contributed by atoms with E-state index in [4.69, 9.17) is 4.74 Å². The first-order valence-electron chi connectivity index (χ1n) is 6.69. The van der Waals surface area contributed by atoms with Gasteiger partial charge in [-0.15, -0.1) is 0 Å². The second kappa shape index (κ2) is 4.67. The van der Waals surface area contributed by atoms with Crippen LogP contribution in [0, 0.1) is 5.41 Å². The van der Waals surface area contributed by atoms with Crippen molar-refractivity contribution in [3.05, 3.63) is 0 Å². The summed E-state index contributed by atoms with van der Waals surface area (Å²) in [6, 6.07) is 0. The molecule has 1 spiro atoms. The van der Waals surface area contributed by atoms with Crippen LogP contribution >= 0.6 is 0 Å². The zero-order valence-electron chi connectivity index (χ0n) is 11.7. The van der Waals surface area contributed by atoms with Crippen molar-refractivity contribution in [1.29, 1.82) is 0 Å². The first kappa shape index (κ1) is 14.1. The van der Waals surface area contributed by atoms with Gasteiger partial charge in [0, 0.05) is 19.6 Å². The number of hydrogen-bond acceptors (Lipinski definition) is 4. The number of β-amino-alcohol motifs (C(OH)–C–C–N with tert-alkyl or cyclic N) is 1. The number of nitrogens with one attached hydrogen (secondary N) is 1. The molecule has 2 heterocycles. The second-order valence-corrected chi connectivity index (χ2v) is 6.35. The average Bonchev–Trinajstić information content (AvgIpc) is 2.57. The molecule has 6 nitrogen and oxygen atoms in total. The van der Waals surface area contributed by atoms with Crippen LogP contribution in [0.15, 0.2) is 0 Å². The van der Waals surface area contributed by atoms with Crippen LogP contribution in [0.5, 0.6) is 0 Å². The molecule has 2 amide bonds. The van der Waals surface area contributed by atoms with Crippen LogP contribution in [0.25, 0.3) is 0 Å². The zero-order valence-corrected chi connectivity index (χ0v) is 11.7. The highest BCUT2D eigenvalue weighted by atomic mass is 16.6. The summed E-state index contributed by atoms with van der Waals surface area (Å²) in [5.41, 5.74) is -1.23. The Morgan fingerprint density at radius 3 is 2.42 bits per heavy atom. The highest BCUT2D eigenvalue weighted by Gasteiger charge is 2.51. The molecule has 0 unspecified atom stereocenters. The molecule has 2 aliphatic rings. The maximum Gasteiger partial charge on any atom is 0.410 e. The number of amides is 2. The fraction of sp³-hybridized carbons (Fsp3) is 0.846. The number of aliphatic hydroxyl groups is 1. The van der Waals surface area contributed by atoms with Crippen LogP contribution in [0.4, 0.5) is 4.79 Å². The summed E-state index contributed by atoms with van der Waals surface area (Å²) in [5.74, 6) is -0.0937. The standard InChI is InChI=1S/C13H22N2O4/c1-12(2,3)19-11(18)15-6-4-13(5-7-15)9(16)8-14-10(13)17/h9,16H,4-8H2,1-3H3,(H,14,17)/t9-/m0/s1. The molecule has 0 bridgehead atoms. The van der Waals surface area contributed by atoms with Gasteiger partial charge in [-0.2, -0.15) is 0 Å². The van der Waals surface area contributed by atoms with Gasteiger partial charge in [0.1, 0.15) is 5.60 Å². The number of likely N-dealkylation sites (tertiary alicyclic amines) is 1. The van der Waals surface area contributed by atoms with E-state index >= 15 is 0 Å². The van der Waals surface area contributed by atoms with E-state index in [1.165, 1.54) is 0 Å². The normalized spacial score (nSPS) is 26.4. The van der Waals surface area contributed by atoms with Crippen molar-refractivity contribution in [1.82, 2.24) is 10.2 Å². The van der Waals surface area contributed by atoms with Gasteiger partial charge in [0.25, 0.3) is 0 Å². The third-order valence-electron chi connectivity index (χ3n) is 3.85. The van der Waals surface area contributed by atoms with Gasteiger partial charge in [-0.05, 0) is 33.6 Å². The molecule has 0 saturated carbocycles. The molecule has 0 radical (unpaired) electrons. The Bertz CT molecular complexity index is 381. The molecule has 2 rings (SSSR count). The number of ether oxygens (including phenoxy) is 1. The number of carbonyl (C=O) groups is 2. The van der Waals surface area contributed by atoms with Gasteiger partial charge in [-0.25, -0.2) is 4.79 Å². The fourth-order valence-corrected chi connectivity index (χ4v) is 2.69. The third-order valence-corrected chi connectivity index (χ3v) is 3.85. The molecule has 2 N–H and O–H groups in total. The van der Waals surface area contributed by atoms with Gasteiger partial charge in [-0.3, -0.25) is 4.79 Å². The van der Waals surface area contributed by atoms with Crippen LogP contribution in [0.3, 0.4) is 0 Å². The zero-order chi connectivity index (χ0) is 14.3. The number of aliphatic hydroxyl groups excluding tert-OH is 1.